The average molecular weight is 270 g/mol. The van der Waals surface area contributed by atoms with Crippen LogP contribution in [0.5, 0.6) is 0 Å². The summed E-state index contributed by atoms with van der Waals surface area (Å²) >= 11 is 0. The number of alkyl halides is 3. The van der Waals surface area contributed by atoms with Gasteiger partial charge in [0.25, 0.3) is 0 Å². The molecule has 1 rings (SSSR count). The zero-order valence-electron chi connectivity index (χ0n) is 8.80. The van der Waals surface area contributed by atoms with E-state index >= 15 is 0 Å². The van der Waals surface area contributed by atoms with Crippen LogP contribution in [0.4, 0.5) is 17.6 Å². The topological polar surface area (TPSA) is 26.0 Å². The molecular formula is C11H12ClF4N. The van der Waals surface area contributed by atoms with E-state index in [9.17, 15) is 17.6 Å². The maximum absolute atomic E-state index is 12.8. The van der Waals surface area contributed by atoms with Crippen LogP contribution in [-0.4, -0.2) is 0 Å². The van der Waals surface area contributed by atoms with Crippen molar-refractivity contribution in [1.29, 1.82) is 0 Å². The molecule has 6 heteroatoms. The van der Waals surface area contributed by atoms with Crippen LogP contribution in [-0.2, 0) is 6.18 Å². The summed E-state index contributed by atoms with van der Waals surface area (Å²) < 4.78 is 50.5. The van der Waals surface area contributed by atoms with Crippen LogP contribution in [0.1, 0.15) is 23.6 Å². The summed E-state index contributed by atoms with van der Waals surface area (Å²) in [6.07, 6.45) is -2.97. The molecule has 0 aliphatic carbocycles. The van der Waals surface area contributed by atoms with Gasteiger partial charge in [0.1, 0.15) is 5.82 Å². The minimum Gasteiger partial charge on any atom is -0.324 e. The molecule has 1 nitrogen and oxygen atoms in total. The molecule has 96 valence electrons. The Hall–Kier alpha value is -1.07. The Kier molecular flexibility index (Phi) is 5.64. The highest BCUT2D eigenvalue weighted by atomic mass is 35.5. The Morgan fingerprint density at radius 1 is 1.35 bits per heavy atom. The van der Waals surface area contributed by atoms with Crippen molar-refractivity contribution in [2.45, 2.75) is 18.6 Å². The molecular weight excluding hydrogens is 258 g/mol. The fourth-order valence-electron chi connectivity index (χ4n) is 1.40. The van der Waals surface area contributed by atoms with Gasteiger partial charge in [-0.1, -0.05) is 12.1 Å². The van der Waals surface area contributed by atoms with Crippen molar-refractivity contribution in [3.63, 3.8) is 0 Å². The van der Waals surface area contributed by atoms with E-state index in [1.807, 2.05) is 0 Å². The van der Waals surface area contributed by atoms with Gasteiger partial charge in [0.05, 0.1) is 5.56 Å². The van der Waals surface area contributed by atoms with E-state index in [0.717, 1.165) is 12.1 Å². The number of benzene rings is 1. The molecule has 0 fully saturated rings. The summed E-state index contributed by atoms with van der Waals surface area (Å²) in [5.74, 6) is -0.929. The molecule has 1 aromatic rings. The van der Waals surface area contributed by atoms with Crippen molar-refractivity contribution < 1.29 is 17.6 Å². The minimum absolute atomic E-state index is 0. The van der Waals surface area contributed by atoms with Gasteiger partial charge >= 0.3 is 6.18 Å². The van der Waals surface area contributed by atoms with Gasteiger partial charge in [-0.05, 0) is 24.1 Å². The fraction of sp³-hybridized carbons (Fsp3) is 0.273. The summed E-state index contributed by atoms with van der Waals surface area (Å²) in [5.41, 5.74) is 4.42. The van der Waals surface area contributed by atoms with Crippen LogP contribution in [0.25, 0.3) is 0 Å². The lowest BCUT2D eigenvalue weighted by Crippen LogP contribution is -2.17. The Labute approximate surface area is 103 Å². The quantitative estimate of drug-likeness (QED) is 0.655. The summed E-state index contributed by atoms with van der Waals surface area (Å²) in [6.45, 7) is 3.40. The lowest BCUT2D eigenvalue weighted by atomic mass is 9.98. The van der Waals surface area contributed by atoms with E-state index in [-0.39, 0.29) is 24.4 Å². The summed E-state index contributed by atoms with van der Waals surface area (Å²) in [4.78, 5) is 0. The second-order valence-corrected chi connectivity index (χ2v) is 3.36. The standard InChI is InChI=1S/C11H11F4N.ClH/c1-2-3-10(16)8-5-4-7(12)6-9(8)11(13,14)15;/h2,4-6,10H,1,3,16H2;1H/t10-;/m1./s1. The Bertz CT molecular complexity index is 390. The lowest BCUT2D eigenvalue weighted by Gasteiger charge is -2.17. The predicted octanol–water partition coefficient (Wildman–Crippen LogP) is 3.84. The third-order valence-electron chi connectivity index (χ3n) is 2.14. The van der Waals surface area contributed by atoms with E-state index in [0.29, 0.717) is 6.07 Å². The molecule has 0 spiro atoms. The molecule has 0 amide bonds. The van der Waals surface area contributed by atoms with Crippen molar-refractivity contribution in [3.8, 4) is 0 Å². The first-order chi connectivity index (χ1) is 7.36. The largest absolute Gasteiger partial charge is 0.416 e. The van der Waals surface area contributed by atoms with Crippen LogP contribution in [0.15, 0.2) is 30.9 Å². The lowest BCUT2D eigenvalue weighted by molar-refractivity contribution is -0.138. The van der Waals surface area contributed by atoms with Crippen molar-refractivity contribution in [1.82, 2.24) is 0 Å². The highest BCUT2D eigenvalue weighted by molar-refractivity contribution is 5.85. The predicted molar refractivity (Wildman–Crippen MR) is 60.4 cm³/mol. The average Bonchev–Trinajstić information content (AvgIpc) is 2.16. The van der Waals surface area contributed by atoms with Crippen molar-refractivity contribution >= 4 is 12.4 Å². The summed E-state index contributed by atoms with van der Waals surface area (Å²) in [5, 5.41) is 0. The van der Waals surface area contributed by atoms with Crippen LogP contribution in [0.3, 0.4) is 0 Å². The first-order valence-electron chi connectivity index (χ1n) is 4.59. The second kappa shape index (κ2) is 6.02. The normalized spacial score (nSPS) is 12.8. The zero-order chi connectivity index (χ0) is 12.3. The third kappa shape index (κ3) is 4.02. The minimum atomic E-state index is -4.60. The number of hydrogen-bond acceptors (Lipinski definition) is 1. The van der Waals surface area contributed by atoms with E-state index in [1.165, 1.54) is 6.08 Å². The number of hydrogen-bond donors (Lipinski definition) is 1. The molecule has 0 aliphatic rings. The van der Waals surface area contributed by atoms with Gasteiger partial charge in [0.15, 0.2) is 0 Å². The first-order valence-corrected chi connectivity index (χ1v) is 4.59. The van der Waals surface area contributed by atoms with Gasteiger partial charge in [-0.2, -0.15) is 13.2 Å². The highest BCUT2D eigenvalue weighted by Gasteiger charge is 2.34. The van der Waals surface area contributed by atoms with Gasteiger partial charge in [0, 0.05) is 6.04 Å². The highest BCUT2D eigenvalue weighted by Crippen LogP contribution is 2.35. The molecule has 0 aromatic heterocycles. The van der Waals surface area contributed by atoms with E-state index in [1.54, 1.807) is 0 Å². The number of rotatable bonds is 3. The van der Waals surface area contributed by atoms with Crippen LogP contribution < -0.4 is 5.73 Å². The molecule has 1 atom stereocenters. The van der Waals surface area contributed by atoms with Crippen LogP contribution >= 0.6 is 12.4 Å². The number of halogens is 5. The first kappa shape index (κ1) is 15.9. The van der Waals surface area contributed by atoms with Gasteiger partial charge < -0.3 is 5.73 Å². The van der Waals surface area contributed by atoms with Gasteiger partial charge in [-0.15, -0.1) is 19.0 Å². The molecule has 0 bridgehead atoms. The van der Waals surface area contributed by atoms with Crippen molar-refractivity contribution in [3.05, 3.63) is 47.8 Å². The van der Waals surface area contributed by atoms with Crippen molar-refractivity contribution in [2.24, 2.45) is 5.73 Å². The molecule has 0 heterocycles. The van der Waals surface area contributed by atoms with Gasteiger partial charge in [0.2, 0.25) is 0 Å². The number of nitrogens with two attached hydrogens (primary N) is 1. The molecule has 1 aromatic carbocycles. The SMILES string of the molecule is C=CC[C@@H](N)c1ccc(F)cc1C(F)(F)F.Cl. The smallest absolute Gasteiger partial charge is 0.324 e. The van der Waals surface area contributed by atoms with E-state index in [2.05, 4.69) is 6.58 Å². The molecule has 0 radical (unpaired) electrons. The Balaban J connectivity index is 0.00000256. The maximum Gasteiger partial charge on any atom is 0.416 e. The van der Waals surface area contributed by atoms with E-state index < -0.39 is 23.6 Å². The molecule has 0 unspecified atom stereocenters. The second-order valence-electron chi connectivity index (χ2n) is 3.36. The molecule has 0 aliphatic heterocycles. The third-order valence-corrected chi connectivity index (χ3v) is 2.14. The zero-order valence-corrected chi connectivity index (χ0v) is 9.61. The monoisotopic (exact) mass is 269 g/mol. The summed E-state index contributed by atoms with van der Waals surface area (Å²) in [6, 6.07) is 1.66. The van der Waals surface area contributed by atoms with Gasteiger partial charge in [-0.25, -0.2) is 4.39 Å². The van der Waals surface area contributed by atoms with Crippen molar-refractivity contribution in [2.75, 3.05) is 0 Å². The molecule has 17 heavy (non-hydrogen) atoms. The Morgan fingerprint density at radius 3 is 2.41 bits per heavy atom. The Morgan fingerprint density at radius 2 is 1.94 bits per heavy atom. The molecule has 0 saturated carbocycles. The molecule has 2 N–H and O–H groups in total. The van der Waals surface area contributed by atoms with Gasteiger partial charge in [-0.3, -0.25) is 0 Å². The fourth-order valence-corrected chi connectivity index (χ4v) is 1.40. The van der Waals surface area contributed by atoms with Crippen LogP contribution in [0.2, 0.25) is 0 Å². The maximum atomic E-state index is 12.8. The molecule has 0 saturated heterocycles. The van der Waals surface area contributed by atoms with Crippen LogP contribution in [0, 0.1) is 5.82 Å². The summed E-state index contributed by atoms with van der Waals surface area (Å²) in [7, 11) is 0. The van der Waals surface area contributed by atoms with E-state index in [4.69, 9.17) is 5.73 Å².